The Balaban J connectivity index is 1.28. The molecular formula is C31H32N8O3. The number of rotatable bonds is 6. The Labute approximate surface area is 243 Å². The Morgan fingerprint density at radius 3 is 2.64 bits per heavy atom. The van der Waals surface area contributed by atoms with Gasteiger partial charge in [-0.05, 0) is 31.9 Å². The highest BCUT2D eigenvalue weighted by atomic mass is 16.5. The van der Waals surface area contributed by atoms with Crippen molar-refractivity contribution in [1.29, 1.82) is 0 Å². The number of amides is 2. The minimum absolute atomic E-state index is 0.00956. The largest absolute Gasteiger partial charge is 0.493 e. The van der Waals surface area contributed by atoms with Gasteiger partial charge in [-0.25, -0.2) is 0 Å². The quantitative estimate of drug-likeness (QED) is 0.308. The minimum atomic E-state index is -0.378. The molecule has 2 atom stereocenters. The van der Waals surface area contributed by atoms with E-state index in [2.05, 4.69) is 61.8 Å². The summed E-state index contributed by atoms with van der Waals surface area (Å²) in [6.07, 6.45) is 4.55. The molecule has 1 saturated carbocycles. The van der Waals surface area contributed by atoms with Crippen LogP contribution in [0.3, 0.4) is 0 Å². The molecule has 1 fully saturated rings. The molecule has 214 valence electrons. The van der Waals surface area contributed by atoms with Crippen molar-refractivity contribution in [3.8, 4) is 16.9 Å². The number of anilines is 4. The fourth-order valence-corrected chi connectivity index (χ4v) is 5.99. The maximum absolute atomic E-state index is 12.7. The first-order valence-electron chi connectivity index (χ1n) is 14.3. The zero-order valence-corrected chi connectivity index (χ0v) is 23.7. The van der Waals surface area contributed by atoms with Crippen molar-refractivity contribution in [1.82, 2.24) is 25.3 Å². The van der Waals surface area contributed by atoms with Crippen molar-refractivity contribution in [2.24, 2.45) is 5.92 Å². The molecule has 2 aromatic heterocycles. The van der Waals surface area contributed by atoms with E-state index in [9.17, 15) is 9.59 Å². The highest BCUT2D eigenvalue weighted by molar-refractivity contribution is 6.01. The smallest absolute Gasteiger partial charge is 0.273 e. The SMILES string of the molecule is CNC(=O)c1nnc(NC(=O)C2CC2)cc1Nc1cccc2c1N(C)C(C)c1c-2cnn1C1CCOc2ccccc21. The summed E-state index contributed by atoms with van der Waals surface area (Å²) in [4.78, 5) is 27.3. The topological polar surface area (TPSA) is 126 Å². The predicted molar refractivity (Wildman–Crippen MR) is 159 cm³/mol. The molecule has 0 bridgehead atoms. The van der Waals surface area contributed by atoms with Crippen LogP contribution in [-0.2, 0) is 4.79 Å². The molecule has 7 rings (SSSR count). The number of nitrogens with one attached hydrogen (secondary N) is 3. The lowest BCUT2D eigenvalue weighted by Crippen LogP contribution is -2.31. The first-order chi connectivity index (χ1) is 20.4. The molecule has 2 aliphatic heterocycles. The van der Waals surface area contributed by atoms with Gasteiger partial charge in [0.15, 0.2) is 11.5 Å². The Morgan fingerprint density at radius 2 is 1.83 bits per heavy atom. The van der Waals surface area contributed by atoms with E-state index in [0.29, 0.717) is 18.1 Å². The highest BCUT2D eigenvalue weighted by Gasteiger charge is 2.35. The van der Waals surface area contributed by atoms with Crippen LogP contribution in [0.4, 0.5) is 22.9 Å². The van der Waals surface area contributed by atoms with Gasteiger partial charge in [-0.1, -0.05) is 30.3 Å². The molecule has 2 amide bonds. The monoisotopic (exact) mass is 564 g/mol. The molecule has 0 saturated heterocycles. The lowest BCUT2D eigenvalue weighted by atomic mass is 9.92. The number of carbonyl (C=O) groups excluding carboxylic acids is 2. The second kappa shape index (κ2) is 10.2. The van der Waals surface area contributed by atoms with E-state index in [-0.39, 0.29) is 35.5 Å². The number of ether oxygens (including phenoxy) is 1. The zero-order valence-electron chi connectivity index (χ0n) is 23.7. The van der Waals surface area contributed by atoms with E-state index in [4.69, 9.17) is 9.84 Å². The fourth-order valence-electron chi connectivity index (χ4n) is 5.99. The van der Waals surface area contributed by atoms with Crippen LogP contribution < -0.4 is 25.6 Å². The van der Waals surface area contributed by atoms with E-state index < -0.39 is 0 Å². The van der Waals surface area contributed by atoms with Crippen molar-refractivity contribution < 1.29 is 14.3 Å². The first kappa shape index (κ1) is 26.0. The third-order valence-electron chi connectivity index (χ3n) is 8.42. The van der Waals surface area contributed by atoms with Crippen LogP contribution in [0.5, 0.6) is 5.75 Å². The van der Waals surface area contributed by atoms with E-state index in [1.807, 2.05) is 36.5 Å². The second-order valence-electron chi connectivity index (χ2n) is 11.0. The number of hydrogen-bond acceptors (Lipinski definition) is 8. The van der Waals surface area contributed by atoms with Crippen molar-refractivity contribution in [2.45, 2.75) is 38.3 Å². The van der Waals surface area contributed by atoms with Crippen molar-refractivity contribution in [3.05, 3.63) is 71.7 Å². The lowest BCUT2D eigenvalue weighted by Gasteiger charge is -2.37. The van der Waals surface area contributed by atoms with Gasteiger partial charge in [0, 0.05) is 49.2 Å². The number of hydrogen-bond donors (Lipinski definition) is 3. The van der Waals surface area contributed by atoms with Crippen LogP contribution in [-0.4, -0.2) is 52.5 Å². The van der Waals surface area contributed by atoms with Gasteiger partial charge in [0.05, 0.1) is 47.6 Å². The first-order valence-corrected chi connectivity index (χ1v) is 14.3. The molecule has 11 nitrogen and oxygen atoms in total. The van der Waals surface area contributed by atoms with E-state index in [1.165, 1.54) is 0 Å². The van der Waals surface area contributed by atoms with Crippen LogP contribution in [0, 0.1) is 5.92 Å². The molecule has 0 spiro atoms. The molecule has 3 aliphatic rings. The molecule has 1 aliphatic carbocycles. The maximum Gasteiger partial charge on any atom is 0.273 e. The molecule has 0 radical (unpaired) electrons. The van der Waals surface area contributed by atoms with Crippen molar-refractivity contribution in [3.63, 3.8) is 0 Å². The molecule has 4 heterocycles. The Morgan fingerprint density at radius 1 is 1.00 bits per heavy atom. The summed E-state index contributed by atoms with van der Waals surface area (Å²) >= 11 is 0. The summed E-state index contributed by atoms with van der Waals surface area (Å²) in [7, 11) is 3.62. The predicted octanol–water partition coefficient (Wildman–Crippen LogP) is 4.67. The minimum Gasteiger partial charge on any atom is -0.493 e. The highest BCUT2D eigenvalue weighted by Crippen LogP contribution is 2.49. The number of para-hydroxylation sites is 2. The molecule has 3 N–H and O–H groups in total. The molecule has 11 heteroatoms. The maximum atomic E-state index is 12.7. The number of fused-ring (bicyclic) bond motifs is 4. The summed E-state index contributed by atoms with van der Waals surface area (Å²) in [5, 5.41) is 22.1. The zero-order chi connectivity index (χ0) is 29.0. The summed E-state index contributed by atoms with van der Waals surface area (Å²) in [6, 6.07) is 16.0. The van der Waals surface area contributed by atoms with Crippen LogP contribution in [0.2, 0.25) is 0 Å². The lowest BCUT2D eigenvalue weighted by molar-refractivity contribution is -0.117. The van der Waals surface area contributed by atoms with Crippen LogP contribution in [0.1, 0.15) is 60.0 Å². The molecular weight excluding hydrogens is 532 g/mol. The summed E-state index contributed by atoms with van der Waals surface area (Å²) < 4.78 is 8.09. The Bertz CT molecular complexity index is 1710. The van der Waals surface area contributed by atoms with E-state index >= 15 is 0 Å². The molecule has 2 aromatic carbocycles. The second-order valence-corrected chi connectivity index (χ2v) is 11.0. The molecule has 4 aromatic rings. The van der Waals surface area contributed by atoms with Crippen LogP contribution in [0.15, 0.2) is 54.7 Å². The summed E-state index contributed by atoms with van der Waals surface area (Å²) in [6.45, 7) is 2.82. The third kappa shape index (κ3) is 4.32. The third-order valence-corrected chi connectivity index (χ3v) is 8.42. The molecule has 2 unspecified atom stereocenters. The van der Waals surface area contributed by atoms with Gasteiger partial charge in [-0.3, -0.25) is 14.3 Å². The number of carbonyl (C=O) groups is 2. The van der Waals surface area contributed by atoms with E-state index in [0.717, 1.165) is 58.8 Å². The average Bonchev–Trinajstić information content (AvgIpc) is 3.78. The number of aromatic nitrogens is 4. The van der Waals surface area contributed by atoms with Gasteiger partial charge in [-0.15, -0.1) is 10.2 Å². The van der Waals surface area contributed by atoms with Gasteiger partial charge >= 0.3 is 0 Å². The number of benzene rings is 2. The standard InChI is InChI=1S/C31H32N8O3/c1-17-28-21(16-33-39(28)24-13-14-42-25-10-5-4-7-20(24)25)19-8-6-9-22(29(19)38(17)3)34-23-15-26(35-30(40)18-11-12-18)36-37-27(23)31(41)32-2/h4-10,15-18,24H,11-14H2,1-3H3,(H,32,41)(H2,34,35,36,40). The normalized spacial score (nSPS) is 18.7. The van der Waals surface area contributed by atoms with Crippen LogP contribution in [0.25, 0.3) is 11.1 Å². The van der Waals surface area contributed by atoms with Crippen molar-refractivity contribution in [2.75, 3.05) is 36.2 Å². The van der Waals surface area contributed by atoms with Gasteiger partial charge in [-0.2, -0.15) is 5.10 Å². The molecule has 42 heavy (non-hydrogen) atoms. The summed E-state index contributed by atoms with van der Waals surface area (Å²) in [5.74, 6) is 0.770. The fraction of sp³-hybridized carbons (Fsp3) is 0.323. The average molecular weight is 565 g/mol. The van der Waals surface area contributed by atoms with Crippen LogP contribution >= 0.6 is 0 Å². The van der Waals surface area contributed by atoms with Gasteiger partial charge in [0.25, 0.3) is 5.91 Å². The Hall–Kier alpha value is -4.93. The van der Waals surface area contributed by atoms with Crippen molar-refractivity contribution >= 4 is 34.7 Å². The van der Waals surface area contributed by atoms with Gasteiger partial charge in [0.2, 0.25) is 5.91 Å². The van der Waals surface area contributed by atoms with E-state index in [1.54, 1.807) is 13.1 Å². The van der Waals surface area contributed by atoms with Gasteiger partial charge in [0.1, 0.15) is 5.75 Å². The van der Waals surface area contributed by atoms with Gasteiger partial charge < -0.3 is 25.6 Å². The summed E-state index contributed by atoms with van der Waals surface area (Å²) in [5.41, 5.74) is 6.76. The Kier molecular flexibility index (Phi) is 6.29. The number of nitrogens with zero attached hydrogens (tertiary/aromatic N) is 5.